The third-order valence-electron chi connectivity index (χ3n) is 4.88. The number of ether oxygens (including phenoxy) is 1. The van der Waals surface area contributed by atoms with E-state index in [1.54, 1.807) is 4.68 Å². The summed E-state index contributed by atoms with van der Waals surface area (Å²) in [6.07, 6.45) is 1.73. The van der Waals surface area contributed by atoms with E-state index >= 15 is 0 Å². The number of carbonyl (C=O) groups is 1. The van der Waals surface area contributed by atoms with Crippen LogP contribution in [0.5, 0.6) is 0 Å². The van der Waals surface area contributed by atoms with Gasteiger partial charge in [0.2, 0.25) is 0 Å². The Labute approximate surface area is 124 Å². The molecule has 6 nitrogen and oxygen atoms in total. The normalized spacial score (nSPS) is 28.8. The minimum atomic E-state index is 0.0347. The Kier molecular flexibility index (Phi) is 3.75. The molecule has 1 amide bonds. The molecule has 0 spiro atoms. The van der Waals surface area contributed by atoms with E-state index in [9.17, 15) is 9.90 Å². The summed E-state index contributed by atoms with van der Waals surface area (Å²) in [5.41, 5.74) is 2.51. The van der Waals surface area contributed by atoms with Gasteiger partial charge in [-0.25, -0.2) is 0 Å². The molecular weight excluding hydrogens is 270 g/mol. The first-order chi connectivity index (χ1) is 10.0. The Morgan fingerprint density at radius 1 is 1.43 bits per heavy atom. The molecule has 1 aliphatic heterocycles. The molecule has 0 bridgehead atoms. The number of aryl methyl sites for hydroxylation is 2. The first-order valence-corrected chi connectivity index (χ1v) is 7.56. The Balaban J connectivity index is 1.87. The van der Waals surface area contributed by atoms with E-state index in [1.165, 1.54) is 0 Å². The monoisotopic (exact) mass is 293 g/mol. The van der Waals surface area contributed by atoms with Gasteiger partial charge in [-0.3, -0.25) is 9.48 Å². The van der Waals surface area contributed by atoms with Crippen molar-refractivity contribution in [3.05, 3.63) is 17.0 Å². The number of fused-ring (bicyclic) bond motifs is 1. The van der Waals surface area contributed by atoms with Crippen molar-refractivity contribution < 1.29 is 14.6 Å². The lowest BCUT2D eigenvalue weighted by atomic mass is 10.1. The topological polar surface area (TPSA) is 67.6 Å². The van der Waals surface area contributed by atoms with Gasteiger partial charge < -0.3 is 14.7 Å². The Hall–Kier alpha value is -1.40. The highest BCUT2D eigenvalue weighted by molar-refractivity contribution is 5.94. The van der Waals surface area contributed by atoms with Crippen molar-refractivity contribution >= 4 is 5.91 Å². The first kappa shape index (κ1) is 14.5. The number of hydrogen-bond acceptors (Lipinski definition) is 4. The second-order valence-electron chi connectivity index (χ2n) is 6.18. The lowest BCUT2D eigenvalue weighted by Gasteiger charge is -2.37. The van der Waals surface area contributed by atoms with Crippen LogP contribution in [0.1, 0.15) is 34.6 Å². The predicted octanol–water partition coefficient (Wildman–Crippen LogP) is 0.649. The summed E-state index contributed by atoms with van der Waals surface area (Å²) in [7, 11) is 1.82. The standard InChI is InChI=1S/C15H23N3O3/c1-9-10(2)16-17(3)14(9)15(20)18-4-5-21-13-7-11(8-19)6-12(13)18/h11-13,19H,4-8H2,1-3H3/t11-,12+,13?/m1/s1. The quantitative estimate of drug-likeness (QED) is 0.869. The van der Waals surface area contributed by atoms with Gasteiger partial charge in [-0.15, -0.1) is 0 Å². The maximum Gasteiger partial charge on any atom is 0.272 e. The van der Waals surface area contributed by atoms with Gasteiger partial charge in [-0.05, 0) is 32.6 Å². The molecule has 2 heterocycles. The molecule has 2 fully saturated rings. The third-order valence-corrected chi connectivity index (χ3v) is 4.88. The van der Waals surface area contributed by atoms with Crippen LogP contribution in [0.3, 0.4) is 0 Å². The minimum Gasteiger partial charge on any atom is -0.396 e. The molecule has 2 aliphatic rings. The van der Waals surface area contributed by atoms with Crippen molar-refractivity contribution in [2.75, 3.05) is 19.8 Å². The van der Waals surface area contributed by atoms with Crippen LogP contribution in [0.15, 0.2) is 0 Å². The van der Waals surface area contributed by atoms with Crippen LogP contribution in [0, 0.1) is 19.8 Å². The van der Waals surface area contributed by atoms with Crippen molar-refractivity contribution in [3.8, 4) is 0 Å². The molecule has 1 unspecified atom stereocenters. The zero-order chi connectivity index (χ0) is 15.1. The van der Waals surface area contributed by atoms with Crippen molar-refractivity contribution in [2.45, 2.75) is 38.8 Å². The molecule has 21 heavy (non-hydrogen) atoms. The zero-order valence-corrected chi connectivity index (χ0v) is 12.9. The van der Waals surface area contributed by atoms with E-state index in [0.717, 1.165) is 24.1 Å². The summed E-state index contributed by atoms with van der Waals surface area (Å²) in [5.74, 6) is 0.273. The molecule has 3 rings (SSSR count). The second-order valence-corrected chi connectivity index (χ2v) is 6.18. The molecular formula is C15H23N3O3. The molecule has 116 valence electrons. The van der Waals surface area contributed by atoms with Crippen LogP contribution in [-0.2, 0) is 11.8 Å². The van der Waals surface area contributed by atoms with Crippen molar-refractivity contribution in [2.24, 2.45) is 13.0 Å². The van der Waals surface area contributed by atoms with E-state index < -0.39 is 0 Å². The SMILES string of the molecule is Cc1nn(C)c(C(=O)N2CCOC3C[C@H](CO)C[C@@H]32)c1C. The highest BCUT2D eigenvalue weighted by atomic mass is 16.5. The number of nitrogens with zero attached hydrogens (tertiary/aromatic N) is 3. The smallest absolute Gasteiger partial charge is 0.272 e. The minimum absolute atomic E-state index is 0.0347. The number of aliphatic hydroxyl groups is 1. The summed E-state index contributed by atoms with van der Waals surface area (Å²) in [6, 6.07) is 0.0815. The summed E-state index contributed by atoms with van der Waals surface area (Å²) >= 11 is 0. The van der Waals surface area contributed by atoms with Crippen LogP contribution >= 0.6 is 0 Å². The molecule has 1 aromatic rings. The fourth-order valence-corrected chi connectivity index (χ4v) is 3.65. The number of carbonyl (C=O) groups excluding carboxylic acids is 1. The summed E-state index contributed by atoms with van der Waals surface area (Å²) in [4.78, 5) is 14.9. The summed E-state index contributed by atoms with van der Waals surface area (Å²) in [6.45, 7) is 5.22. The number of amides is 1. The lowest BCUT2D eigenvalue weighted by molar-refractivity contribution is -0.0452. The predicted molar refractivity (Wildman–Crippen MR) is 77.1 cm³/mol. The van der Waals surface area contributed by atoms with Gasteiger partial charge in [0.15, 0.2) is 0 Å². The zero-order valence-electron chi connectivity index (χ0n) is 12.9. The van der Waals surface area contributed by atoms with Crippen molar-refractivity contribution in [3.63, 3.8) is 0 Å². The highest BCUT2D eigenvalue weighted by Crippen LogP contribution is 2.34. The number of rotatable bonds is 2. The third kappa shape index (κ3) is 2.36. The van der Waals surface area contributed by atoms with Gasteiger partial charge in [0.05, 0.1) is 24.4 Å². The number of aromatic nitrogens is 2. The summed E-state index contributed by atoms with van der Waals surface area (Å²) in [5, 5.41) is 13.7. The van der Waals surface area contributed by atoms with Crippen LogP contribution in [0.2, 0.25) is 0 Å². The molecule has 0 radical (unpaired) electrons. The van der Waals surface area contributed by atoms with Crippen molar-refractivity contribution in [1.29, 1.82) is 0 Å². The number of hydrogen-bond donors (Lipinski definition) is 1. The van der Waals surface area contributed by atoms with Crippen LogP contribution < -0.4 is 0 Å². The van der Waals surface area contributed by atoms with Crippen molar-refractivity contribution in [1.82, 2.24) is 14.7 Å². The highest BCUT2D eigenvalue weighted by Gasteiger charge is 2.43. The largest absolute Gasteiger partial charge is 0.396 e. The summed E-state index contributed by atoms with van der Waals surface area (Å²) < 4.78 is 7.47. The molecule has 1 saturated carbocycles. The fraction of sp³-hybridized carbons (Fsp3) is 0.733. The van der Waals surface area contributed by atoms with E-state index in [-0.39, 0.29) is 30.6 Å². The van der Waals surface area contributed by atoms with Gasteiger partial charge in [0, 0.05) is 25.8 Å². The Bertz CT molecular complexity index is 555. The second kappa shape index (κ2) is 5.42. The fourth-order valence-electron chi connectivity index (χ4n) is 3.65. The first-order valence-electron chi connectivity index (χ1n) is 7.56. The lowest BCUT2D eigenvalue weighted by Crippen LogP contribution is -2.51. The van der Waals surface area contributed by atoms with Crippen LogP contribution in [-0.4, -0.2) is 57.6 Å². The van der Waals surface area contributed by atoms with Crippen LogP contribution in [0.4, 0.5) is 0 Å². The molecule has 1 N–H and O–H groups in total. The average Bonchev–Trinajstić information content (AvgIpc) is 2.99. The average molecular weight is 293 g/mol. The van der Waals surface area contributed by atoms with E-state index in [1.807, 2.05) is 25.8 Å². The van der Waals surface area contributed by atoms with E-state index in [0.29, 0.717) is 18.8 Å². The maximum atomic E-state index is 12.9. The van der Waals surface area contributed by atoms with E-state index in [4.69, 9.17) is 4.74 Å². The van der Waals surface area contributed by atoms with Gasteiger partial charge in [0.25, 0.3) is 5.91 Å². The van der Waals surface area contributed by atoms with E-state index in [2.05, 4.69) is 5.10 Å². The maximum absolute atomic E-state index is 12.9. The molecule has 0 aromatic carbocycles. The Morgan fingerprint density at radius 2 is 2.19 bits per heavy atom. The molecule has 1 saturated heterocycles. The van der Waals surface area contributed by atoms with Gasteiger partial charge in [0.1, 0.15) is 5.69 Å². The van der Waals surface area contributed by atoms with Gasteiger partial charge in [-0.1, -0.05) is 0 Å². The molecule has 1 aromatic heterocycles. The van der Waals surface area contributed by atoms with Gasteiger partial charge >= 0.3 is 0 Å². The Morgan fingerprint density at radius 3 is 2.81 bits per heavy atom. The number of morpholine rings is 1. The number of aliphatic hydroxyl groups excluding tert-OH is 1. The van der Waals surface area contributed by atoms with Crippen LogP contribution in [0.25, 0.3) is 0 Å². The molecule has 1 aliphatic carbocycles. The molecule has 3 atom stereocenters. The molecule has 6 heteroatoms. The van der Waals surface area contributed by atoms with Gasteiger partial charge in [-0.2, -0.15) is 5.10 Å².